The molecule has 0 fully saturated rings. The largest absolute Gasteiger partial charge is 0.412 e. The van der Waals surface area contributed by atoms with E-state index in [1.165, 1.54) is 0 Å². The molecule has 1 unspecified atom stereocenters. The van der Waals surface area contributed by atoms with E-state index < -0.39 is 0 Å². The first-order chi connectivity index (χ1) is 5.77. The highest BCUT2D eigenvalue weighted by molar-refractivity contribution is 5.85. The summed E-state index contributed by atoms with van der Waals surface area (Å²) in [7, 11) is 0. The van der Waals surface area contributed by atoms with Crippen LogP contribution >= 0.6 is 24.8 Å². The molecule has 5 N–H and O–H groups in total. The Kier molecular flexibility index (Phi) is 7.70. The summed E-state index contributed by atoms with van der Waals surface area (Å²) in [6.07, 6.45) is 3.06. The number of halogens is 2. The van der Waals surface area contributed by atoms with E-state index in [1.54, 1.807) is 6.07 Å². The lowest BCUT2D eigenvalue weighted by Crippen LogP contribution is -2.21. The third-order valence-electron chi connectivity index (χ3n) is 2.38. The molecule has 4 nitrogen and oxygen atoms in total. The molecule has 1 aromatic rings. The number of pyridine rings is 1. The number of hydrogen-bond acceptors (Lipinski definition) is 2. The lowest BCUT2D eigenvalue weighted by atomic mass is 9.92. The van der Waals surface area contributed by atoms with Crippen molar-refractivity contribution in [1.82, 2.24) is 4.98 Å². The number of nitrogens with one attached hydrogen (secondary N) is 1. The van der Waals surface area contributed by atoms with Crippen molar-refractivity contribution in [3.05, 3.63) is 33.7 Å². The highest BCUT2D eigenvalue weighted by Gasteiger charge is 2.16. The van der Waals surface area contributed by atoms with Gasteiger partial charge in [0.15, 0.2) is 0 Å². The summed E-state index contributed by atoms with van der Waals surface area (Å²) in [5.41, 5.74) is 7.99. The molecule has 1 heterocycles. The fraction of sp³-hybridized carbons (Fsp3) is 0.444. The summed E-state index contributed by atoms with van der Waals surface area (Å²) in [4.78, 5) is 13.8. The summed E-state index contributed by atoms with van der Waals surface area (Å²) in [6, 6.07) is 3.51. The maximum Gasteiger partial charge on any atom is 0.248 e. The van der Waals surface area contributed by atoms with E-state index in [0.717, 1.165) is 30.5 Å². The van der Waals surface area contributed by atoms with Crippen LogP contribution < -0.4 is 11.3 Å². The number of fused-ring (bicyclic) bond motifs is 1. The van der Waals surface area contributed by atoms with Gasteiger partial charge in [-0.15, -0.1) is 24.8 Å². The molecule has 0 radical (unpaired) electrons. The summed E-state index contributed by atoms with van der Waals surface area (Å²) >= 11 is 0. The molecule has 88 valence electrons. The molecule has 1 aliphatic carbocycles. The molecule has 1 aromatic heterocycles. The van der Waals surface area contributed by atoms with Crippen LogP contribution in [0, 0.1) is 0 Å². The topological polar surface area (TPSA) is 90.4 Å². The van der Waals surface area contributed by atoms with E-state index in [1.807, 2.05) is 6.07 Å². The Morgan fingerprint density at radius 3 is 2.67 bits per heavy atom. The second-order valence-corrected chi connectivity index (χ2v) is 3.26. The number of aromatic nitrogens is 1. The van der Waals surface area contributed by atoms with Gasteiger partial charge in [-0.05, 0) is 24.8 Å². The molecule has 0 amide bonds. The van der Waals surface area contributed by atoms with E-state index in [9.17, 15) is 4.79 Å². The lowest BCUT2D eigenvalue weighted by Gasteiger charge is -2.20. The predicted octanol–water partition coefficient (Wildman–Crippen LogP) is 0.730. The van der Waals surface area contributed by atoms with E-state index in [4.69, 9.17) is 5.73 Å². The van der Waals surface area contributed by atoms with Crippen LogP contribution in [-0.2, 0) is 6.42 Å². The smallest absolute Gasteiger partial charge is 0.248 e. The van der Waals surface area contributed by atoms with Crippen molar-refractivity contribution in [2.45, 2.75) is 25.3 Å². The maximum atomic E-state index is 11.0. The van der Waals surface area contributed by atoms with Crippen molar-refractivity contribution in [3.63, 3.8) is 0 Å². The number of hydrogen-bond donors (Lipinski definition) is 2. The summed E-state index contributed by atoms with van der Waals surface area (Å²) in [6.45, 7) is 0. The van der Waals surface area contributed by atoms with Gasteiger partial charge in [0, 0.05) is 17.8 Å². The van der Waals surface area contributed by atoms with Gasteiger partial charge in [0.1, 0.15) is 0 Å². The third-order valence-corrected chi connectivity index (χ3v) is 2.38. The Morgan fingerprint density at radius 2 is 2.00 bits per heavy atom. The summed E-state index contributed by atoms with van der Waals surface area (Å²) in [5, 5.41) is 0. The highest BCUT2D eigenvalue weighted by Crippen LogP contribution is 2.24. The molecule has 6 heteroatoms. The van der Waals surface area contributed by atoms with Crippen LogP contribution in [0.5, 0.6) is 0 Å². The second-order valence-electron chi connectivity index (χ2n) is 3.26. The first-order valence-electron chi connectivity index (χ1n) is 4.25. The first-order valence-corrected chi connectivity index (χ1v) is 4.25. The quantitative estimate of drug-likeness (QED) is 0.715. The predicted molar refractivity (Wildman–Crippen MR) is 65.0 cm³/mol. The van der Waals surface area contributed by atoms with Crippen LogP contribution in [-0.4, -0.2) is 10.5 Å². The monoisotopic (exact) mass is 254 g/mol. The third kappa shape index (κ3) is 3.50. The van der Waals surface area contributed by atoms with Gasteiger partial charge in [0.25, 0.3) is 0 Å². The minimum absolute atomic E-state index is 0. The van der Waals surface area contributed by atoms with Crippen molar-refractivity contribution in [1.29, 1.82) is 0 Å². The van der Waals surface area contributed by atoms with E-state index in [0.29, 0.717) is 0 Å². The van der Waals surface area contributed by atoms with Crippen molar-refractivity contribution >= 4 is 24.8 Å². The van der Waals surface area contributed by atoms with Crippen molar-refractivity contribution in [3.8, 4) is 0 Å². The minimum Gasteiger partial charge on any atom is -0.412 e. The van der Waals surface area contributed by atoms with Gasteiger partial charge in [-0.25, -0.2) is 0 Å². The Balaban J connectivity index is 0. The van der Waals surface area contributed by atoms with Crippen LogP contribution in [0.15, 0.2) is 16.9 Å². The van der Waals surface area contributed by atoms with E-state index in [-0.39, 0.29) is 41.9 Å². The molecule has 0 saturated carbocycles. The Labute approximate surface area is 100 Å². The normalized spacial score (nSPS) is 17.5. The van der Waals surface area contributed by atoms with Gasteiger partial charge in [0.05, 0.1) is 0 Å². The number of aryl methyl sites for hydroxylation is 1. The lowest BCUT2D eigenvalue weighted by molar-refractivity contribution is 0.559. The molecule has 0 spiro atoms. The molecule has 0 aliphatic heterocycles. The van der Waals surface area contributed by atoms with Crippen LogP contribution in [0.25, 0.3) is 0 Å². The highest BCUT2D eigenvalue weighted by atomic mass is 35.5. The van der Waals surface area contributed by atoms with Crippen LogP contribution in [0.1, 0.15) is 30.1 Å². The molecule has 1 aliphatic rings. The number of rotatable bonds is 0. The van der Waals surface area contributed by atoms with Crippen LogP contribution in [0.3, 0.4) is 0 Å². The Morgan fingerprint density at radius 1 is 1.33 bits per heavy atom. The molecule has 0 bridgehead atoms. The summed E-state index contributed by atoms with van der Waals surface area (Å²) < 4.78 is 0. The molecule has 1 atom stereocenters. The zero-order valence-corrected chi connectivity index (χ0v) is 9.79. The van der Waals surface area contributed by atoms with Gasteiger partial charge in [0.2, 0.25) is 5.56 Å². The fourth-order valence-electron chi connectivity index (χ4n) is 1.74. The SMILES string of the molecule is Cl.Cl.NC1CCCc2[nH]c(=O)ccc21.O. The minimum atomic E-state index is -0.0251. The Hall–Kier alpha value is -0.550. The van der Waals surface area contributed by atoms with Gasteiger partial charge in [-0.3, -0.25) is 4.79 Å². The second kappa shape index (κ2) is 6.85. The first kappa shape index (κ1) is 16.9. The summed E-state index contributed by atoms with van der Waals surface area (Å²) in [5.74, 6) is 0. The number of aromatic amines is 1. The van der Waals surface area contributed by atoms with Gasteiger partial charge >= 0.3 is 0 Å². The number of H-pyrrole nitrogens is 1. The molecule has 0 saturated heterocycles. The molecule has 2 rings (SSSR count). The van der Waals surface area contributed by atoms with Gasteiger partial charge in [-0.1, -0.05) is 6.07 Å². The van der Waals surface area contributed by atoms with Crippen molar-refractivity contribution < 1.29 is 5.48 Å². The average Bonchev–Trinajstić information content (AvgIpc) is 2.04. The molecular formula is C9H16Cl2N2O2. The van der Waals surface area contributed by atoms with Crippen molar-refractivity contribution in [2.75, 3.05) is 0 Å². The zero-order chi connectivity index (χ0) is 8.55. The van der Waals surface area contributed by atoms with Gasteiger partial charge < -0.3 is 16.2 Å². The molecule has 0 aromatic carbocycles. The number of nitrogens with two attached hydrogens (primary N) is 1. The van der Waals surface area contributed by atoms with Crippen molar-refractivity contribution in [2.24, 2.45) is 5.73 Å². The van der Waals surface area contributed by atoms with Gasteiger partial charge in [-0.2, -0.15) is 0 Å². The maximum absolute atomic E-state index is 11.0. The average molecular weight is 255 g/mol. The fourth-order valence-corrected chi connectivity index (χ4v) is 1.74. The zero-order valence-electron chi connectivity index (χ0n) is 8.16. The standard InChI is InChI=1S/C9H12N2O.2ClH.H2O/c10-7-2-1-3-8-6(7)4-5-9(12)11-8;;;/h4-5,7H,1-3,10H2,(H,11,12);2*1H;1H2. The van der Waals surface area contributed by atoms with E-state index >= 15 is 0 Å². The molecule has 15 heavy (non-hydrogen) atoms. The van der Waals surface area contributed by atoms with Crippen LogP contribution in [0.4, 0.5) is 0 Å². The van der Waals surface area contributed by atoms with E-state index in [2.05, 4.69) is 4.98 Å². The molecular weight excluding hydrogens is 239 g/mol. The Bertz CT molecular complexity index is 354. The van der Waals surface area contributed by atoms with Crippen LogP contribution in [0.2, 0.25) is 0 Å².